The molecule has 0 amide bonds. The van der Waals surface area contributed by atoms with Crippen molar-refractivity contribution in [3.63, 3.8) is 0 Å². The number of hydrogen-bond acceptors (Lipinski definition) is 3. The number of halogens is 2. The molecular formula is C15H15BrClNO2. The van der Waals surface area contributed by atoms with Crippen molar-refractivity contribution >= 4 is 27.5 Å². The standard InChI is InChI=1S/C15H15BrClNO2/c16-12-4-5-14(17)15(9-12)20-7-6-19-13-3-1-2-11(8-13)10-18/h1-5,8-9H,6-7,10,18H2. The molecule has 0 heterocycles. The van der Waals surface area contributed by atoms with Gasteiger partial charge in [0.25, 0.3) is 0 Å². The largest absolute Gasteiger partial charge is 0.490 e. The summed E-state index contributed by atoms with van der Waals surface area (Å²) in [4.78, 5) is 0. The van der Waals surface area contributed by atoms with Crippen molar-refractivity contribution in [2.45, 2.75) is 6.54 Å². The van der Waals surface area contributed by atoms with Crippen molar-refractivity contribution in [2.24, 2.45) is 5.73 Å². The summed E-state index contributed by atoms with van der Waals surface area (Å²) in [5.41, 5.74) is 6.62. The monoisotopic (exact) mass is 355 g/mol. The number of nitrogens with two attached hydrogens (primary N) is 1. The second-order valence-electron chi connectivity index (χ2n) is 4.12. The molecule has 106 valence electrons. The summed E-state index contributed by atoms with van der Waals surface area (Å²) in [5, 5.41) is 0.582. The van der Waals surface area contributed by atoms with Gasteiger partial charge in [-0.3, -0.25) is 0 Å². The van der Waals surface area contributed by atoms with Gasteiger partial charge in [0.2, 0.25) is 0 Å². The van der Waals surface area contributed by atoms with Gasteiger partial charge in [-0.1, -0.05) is 39.7 Å². The summed E-state index contributed by atoms with van der Waals surface area (Å²) in [7, 11) is 0. The average molecular weight is 357 g/mol. The van der Waals surface area contributed by atoms with E-state index in [1.54, 1.807) is 6.07 Å². The first-order valence-electron chi connectivity index (χ1n) is 6.18. The van der Waals surface area contributed by atoms with Gasteiger partial charge in [0.1, 0.15) is 24.7 Å². The highest BCUT2D eigenvalue weighted by atomic mass is 79.9. The quantitative estimate of drug-likeness (QED) is 0.795. The average Bonchev–Trinajstić information content (AvgIpc) is 2.47. The van der Waals surface area contributed by atoms with E-state index in [0.29, 0.717) is 30.5 Å². The summed E-state index contributed by atoms with van der Waals surface area (Å²) in [6.07, 6.45) is 0. The van der Waals surface area contributed by atoms with E-state index in [2.05, 4.69) is 15.9 Å². The van der Waals surface area contributed by atoms with Crippen LogP contribution in [0.5, 0.6) is 11.5 Å². The molecule has 0 aromatic heterocycles. The van der Waals surface area contributed by atoms with Gasteiger partial charge < -0.3 is 15.2 Å². The molecule has 0 unspecified atom stereocenters. The molecule has 3 nitrogen and oxygen atoms in total. The zero-order chi connectivity index (χ0) is 14.4. The van der Waals surface area contributed by atoms with Crippen molar-refractivity contribution < 1.29 is 9.47 Å². The highest BCUT2D eigenvalue weighted by Crippen LogP contribution is 2.27. The number of benzene rings is 2. The number of ether oxygens (including phenoxy) is 2. The topological polar surface area (TPSA) is 44.5 Å². The normalized spacial score (nSPS) is 10.3. The van der Waals surface area contributed by atoms with Crippen LogP contribution in [0.1, 0.15) is 5.56 Å². The van der Waals surface area contributed by atoms with Gasteiger partial charge in [0.05, 0.1) is 5.02 Å². The highest BCUT2D eigenvalue weighted by molar-refractivity contribution is 9.10. The maximum Gasteiger partial charge on any atom is 0.139 e. The third-order valence-electron chi connectivity index (χ3n) is 2.64. The molecule has 0 spiro atoms. The molecular weight excluding hydrogens is 342 g/mol. The lowest BCUT2D eigenvalue weighted by Crippen LogP contribution is -2.09. The Morgan fingerprint density at radius 3 is 2.65 bits per heavy atom. The van der Waals surface area contributed by atoms with Gasteiger partial charge in [-0.05, 0) is 35.9 Å². The fraction of sp³-hybridized carbons (Fsp3) is 0.200. The molecule has 2 aromatic carbocycles. The Bertz CT molecular complexity index is 578. The van der Waals surface area contributed by atoms with Crippen LogP contribution in [-0.4, -0.2) is 13.2 Å². The van der Waals surface area contributed by atoms with Gasteiger partial charge in [0.15, 0.2) is 0 Å². The van der Waals surface area contributed by atoms with Crippen LogP contribution in [-0.2, 0) is 6.54 Å². The van der Waals surface area contributed by atoms with Gasteiger partial charge in [0, 0.05) is 11.0 Å². The zero-order valence-corrected chi connectivity index (χ0v) is 13.2. The third-order valence-corrected chi connectivity index (χ3v) is 3.44. The van der Waals surface area contributed by atoms with Crippen LogP contribution in [0.25, 0.3) is 0 Å². The second-order valence-corrected chi connectivity index (χ2v) is 5.45. The van der Waals surface area contributed by atoms with E-state index in [1.165, 1.54) is 0 Å². The molecule has 0 saturated carbocycles. The predicted octanol–water partition coefficient (Wildman–Crippen LogP) is 4.02. The van der Waals surface area contributed by atoms with Crippen molar-refractivity contribution in [3.8, 4) is 11.5 Å². The first kappa shape index (κ1) is 15.2. The fourth-order valence-electron chi connectivity index (χ4n) is 1.66. The number of rotatable bonds is 6. The van der Waals surface area contributed by atoms with Crippen LogP contribution in [0.2, 0.25) is 5.02 Å². The van der Waals surface area contributed by atoms with E-state index in [1.807, 2.05) is 36.4 Å². The minimum atomic E-state index is 0.420. The van der Waals surface area contributed by atoms with Crippen LogP contribution in [0.3, 0.4) is 0 Å². The molecule has 0 aliphatic heterocycles. The lowest BCUT2D eigenvalue weighted by atomic mass is 10.2. The molecule has 2 rings (SSSR count). The molecule has 5 heteroatoms. The SMILES string of the molecule is NCc1cccc(OCCOc2cc(Br)ccc2Cl)c1. The van der Waals surface area contributed by atoms with E-state index in [-0.39, 0.29) is 0 Å². The Hall–Kier alpha value is -1.23. The highest BCUT2D eigenvalue weighted by Gasteiger charge is 2.02. The Morgan fingerprint density at radius 1 is 1.05 bits per heavy atom. The van der Waals surface area contributed by atoms with Crippen molar-refractivity contribution in [1.82, 2.24) is 0 Å². The Kier molecular flexibility index (Phi) is 5.71. The first-order valence-corrected chi connectivity index (χ1v) is 7.36. The van der Waals surface area contributed by atoms with E-state index >= 15 is 0 Å². The third kappa shape index (κ3) is 4.40. The molecule has 0 saturated heterocycles. The molecule has 0 atom stereocenters. The second kappa shape index (κ2) is 7.53. The maximum atomic E-state index is 6.03. The maximum absolute atomic E-state index is 6.03. The molecule has 0 aliphatic rings. The summed E-state index contributed by atoms with van der Waals surface area (Å²) < 4.78 is 12.1. The molecule has 0 bridgehead atoms. The Morgan fingerprint density at radius 2 is 1.85 bits per heavy atom. The van der Waals surface area contributed by atoms with Crippen molar-refractivity contribution in [2.75, 3.05) is 13.2 Å². The zero-order valence-electron chi connectivity index (χ0n) is 10.8. The first-order chi connectivity index (χ1) is 9.69. The van der Waals surface area contributed by atoms with E-state index in [4.69, 9.17) is 26.8 Å². The molecule has 2 aromatic rings. The minimum Gasteiger partial charge on any atom is -0.490 e. The molecule has 2 N–H and O–H groups in total. The van der Waals surface area contributed by atoms with Crippen LogP contribution in [0.15, 0.2) is 46.9 Å². The molecule has 0 fully saturated rings. The van der Waals surface area contributed by atoms with Gasteiger partial charge in [-0.15, -0.1) is 0 Å². The fourth-order valence-corrected chi connectivity index (χ4v) is 2.17. The smallest absolute Gasteiger partial charge is 0.139 e. The van der Waals surface area contributed by atoms with Crippen molar-refractivity contribution in [1.29, 1.82) is 0 Å². The van der Waals surface area contributed by atoms with Crippen LogP contribution in [0.4, 0.5) is 0 Å². The van der Waals surface area contributed by atoms with Crippen LogP contribution < -0.4 is 15.2 Å². The predicted molar refractivity (Wildman–Crippen MR) is 84.5 cm³/mol. The van der Waals surface area contributed by atoms with Crippen LogP contribution in [0, 0.1) is 0 Å². The number of hydrogen-bond donors (Lipinski definition) is 1. The lowest BCUT2D eigenvalue weighted by Gasteiger charge is -2.10. The van der Waals surface area contributed by atoms with E-state index in [9.17, 15) is 0 Å². The van der Waals surface area contributed by atoms with Crippen molar-refractivity contribution in [3.05, 3.63) is 57.5 Å². The molecule has 0 aliphatic carbocycles. The van der Waals surface area contributed by atoms with Crippen LogP contribution >= 0.6 is 27.5 Å². The van der Waals surface area contributed by atoms with Gasteiger partial charge >= 0.3 is 0 Å². The van der Waals surface area contributed by atoms with Gasteiger partial charge in [-0.25, -0.2) is 0 Å². The van der Waals surface area contributed by atoms with Gasteiger partial charge in [-0.2, -0.15) is 0 Å². The summed E-state index contributed by atoms with van der Waals surface area (Å²) in [5.74, 6) is 1.43. The summed E-state index contributed by atoms with van der Waals surface area (Å²) in [6, 6.07) is 13.2. The molecule has 20 heavy (non-hydrogen) atoms. The van der Waals surface area contributed by atoms with E-state index < -0.39 is 0 Å². The Labute approximate surface area is 131 Å². The summed E-state index contributed by atoms with van der Waals surface area (Å²) in [6.45, 7) is 1.36. The Balaban J connectivity index is 1.82. The summed E-state index contributed by atoms with van der Waals surface area (Å²) >= 11 is 9.41. The minimum absolute atomic E-state index is 0.420. The lowest BCUT2D eigenvalue weighted by molar-refractivity contribution is 0.217. The van der Waals surface area contributed by atoms with E-state index in [0.717, 1.165) is 15.8 Å². The molecule has 0 radical (unpaired) electrons.